The Morgan fingerprint density at radius 2 is 2.17 bits per heavy atom. The molecule has 2 saturated carbocycles. The van der Waals surface area contributed by atoms with Crippen LogP contribution in [0.5, 0.6) is 5.88 Å². The molecule has 1 heterocycles. The number of anilines is 1. The number of hydrogen-bond donors (Lipinski definition) is 1. The molecule has 6 heteroatoms. The van der Waals surface area contributed by atoms with Crippen LogP contribution in [0.15, 0.2) is 6.07 Å². The van der Waals surface area contributed by atoms with E-state index in [2.05, 4.69) is 15.3 Å². The van der Waals surface area contributed by atoms with E-state index in [0.29, 0.717) is 17.7 Å². The maximum Gasteiger partial charge on any atom is 0.234 e. The minimum atomic E-state index is 0.00835. The normalized spacial score (nSPS) is 28.7. The van der Waals surface area contributed by atoms with Gasteiger partial charge in [-0.25, -0.2) is 4.98 Å². The summed E-state index contributed by atoms with van der Waals surface area (Å²) in [6.07, 6.45) is 3.59. The van der Waals surface area contributed by atoms with Crippen LogP contribution < -0.4 is 10.1 Å². The summed E-state index contributed by atoms with van der Waals surface area (Å²) < 4.78 is 4.98. The maximum absolute atomic E-state index is 12.0. The number of ether oxygens (including phenoxy) is 1. The highest BCUT2D eigenvalue weighted by atomic mass is 35.5. The average molecular weight is 268 g/mol. The van der Waals surface area contributed by atoms with Gasteiger partial charge < -0.3 is 4.74 Å². The summed E-state index contributed by atoms with van der Waals surface area (Å²) in [4.78, 5) is 20.0. The van der Waals surface area contributed by atoms with Crippen molar-refractivity contribution < 1.29 is 9.53 Å². The SMILES string of the molecule is COc1cc(Cl)nc(NC(=O)C2C3CCCC32)n1. The van der Waals surface area contributed by atoms with Crippen LogP contribution in [0.2, 0.25) is 5.15 Å². The lowest BCUT2D eigenvalue weighted by atomic mass is 10.1. The van der Waals surface area contributed by atoms with Gasteiger partial charge in [0, 0.05) is 12.0 Å². The van der Waals surface area contributed by atoms with E-state index >= 15 is 0 Å². The fraction of sp³-hybridized carbons (Fsp3) is 0.583. The summed E-state index contributed by atoms with van der Waals surface area (Å²) in [7, 11) is 1.50. The van der Waals surface area contributed by atoms with Crippen molar-refractivity contribution >= 4 is 23.5 Å². The molecule has 0 aromatic carbocycles. The molecule has 2 aliphatic rings. The number of rotatable bonds is 3. The predicted molar refractivity (Wildman–Crippen MR) is 66.5 cm³/mol. The molecule has 96 valence electrons. The van der Waals surface area contributed by atoms with Gasteiger partial charge in [0.2, 0.25) is 17.7 Å². The summed E-state index contributed by atoms with van der Waals surface area (Å²) in [5.41, 5.74) is 0. The van der Waals surface area contributed by atoms with E-state index in [1.54, 1.807) is 0 Å². The van der Waals surface area contributed by atoms with E-state index in [9.17, 15) is 4.79 Å². The molecule has 18 heavy (non-hydrogen) atoms. The quantitative estimate of drug-likeness (QED) is 0.852. The van der Waals surface area contributed by atoms with Crippen molar-refractivity contribution in [1.82, 2.24) is 9.97 Å². The zero-order chi connectivity index (χ0) is 12.7. The molecule has 0 aliphatic heterocycles. The van der Waals surface area contributed by atoms with E-state index in [4.69, 9.17) is 16.3 Å². The van der Waals surface area contributed by atoms with Gasteiger partial charge in [0.15, 0.2) is 0 Å². The molecule has 0 spiro atoms. The molecular formula is C12H14ClN3O2. The first kappa shape index (κ1) is 11.7. The highest BCUT2D eigenvalue weighted by molar-refractivity contribution is 6.29. The molecule has 3 rings (SSSR count). The lowest BCUT2D eigenvalue weighted by molar-refractivity contribution is -0.118. The number of fused-ring (bicyclic) bond motifs is 1. The Kier molecular flexibility index (Phi) is 2.86. The molecular weight excluding hydrogens is 254 g/mol. The highest BCUT2D eigenvalue weighted by Gasteiger charge is 2.56. The Morgan fingerprint density at radius 1 is 1.44 bits per heavy atom. The third-order valence-corrected chi connectivity index (χ3v) is 4.02. The van der Waals surface area contributed by atoms with Crippen LogP contribution in [0.4, 0.5) is 5.95 Å². The molecule has 2 aliphatic carbocycles. The topological polar surface area (TPSA) is 64.1 Å². The number of nitrogens with one attached hydrogen (secondary N) is 1. The lowest BCUT2D eigenvalue weighted by Crippen LogP contribution is -2.18. The number of carbonyl (C=O) groups is 1. The first-order chi connectivity index (χ1) is 8.69. The van der Waals surface area contributed by atoms with E-state index in [0.717, 1.165) is 0 Å². The van der Waals surface area contributed by atoms with E-state index in [-0.39, 0.29) is 22.9 Å². The molecule has 2 atom stereocenters. The number of aromatic nitrogens is 2. The maximum atomic E-state index is 12.0. The molecule has 0 radical (unpaired) electrons. The van der Waals surface area contributed by atoms with Crippen LogP contribution in [-0.2, 0) is 4.79 Å². The molecule has 1 aromatic rings. The average Bonchev–Trinajstić information content (AvgIpc) is 2.83. The summed E-state index contributed by atoms with van der Waals surface area (Å²) in [6, 6.07) is 1.50. The van der Waals surface area contributed by atoms with Crippen LogP contribution in [-0.4, -0.2) is 23.0 Å². The van der Waals surface area contributed by atoms with Gasteiger partial charge in [-0.05, 0) is 24.7 Å². The number of carbonyl (C=O) groups excluding carboxylic acids is 1. The van der Waals surface area contributed by atoms with Gasteiger partial charge in [-0.3, -0.25) is 10.1 Å². The second-order valence-corrected chi connectivity index (χ2v) is 5.22. The van der Waals surface area contributed by atoms with Gasteiger partial charge in [0.25, 0.3) is 0 Å². The number of amides is 1. The zero-order valence-corrected chi connectivity index (χ0v) is 10.8. The number of halogens is 1. The smallest absolute Gasteiger partial charge is 0.234 e. The van der Waals surface area contributed by atoms with E-state index in [1.807, 2.05) is 0 Å². The predicted octanol–water partition coefficient (Wildman–Crippen LogP) is 2.12. The van der Waals surface area contributed by atoms with Crippen LogP contribution in [0.25, 0.3) is 0 Å². The molecule has 0 bridgehead atoms. The standard InChI is InChI=1S/C12H14ClN3O2/c1-18-9-5-8(13)14-12(15-9)16-11(17)10-6-3-2-4-7(6)10/h5-7,10H,2-4H2,1H3,(H,14,15,16,17). The summed E-state index contributed by atoms with van der Waals surface area (Å²) >= 11 is 5.82. The largest absolute Gasteiger partial charge is 0.481 e. The Morgan fingerprint density at radius 3 is 2.83 bits per heavy atom. The molecule has 0 saturated heterocycles. The van der Waals surface area contributed by atoms with E-state index in [1.165, 1.54) is 32.4 Å². The molecule has 1 aromatic heterocycles. The molecule has 2 fully saturated rings. The van der Waals surface area contributed by atoms with Gasteiger partial charge >= 0.3 is 0 Å². The van der Waals surface area contributed by atoms with Crippen molar-refractivity contribution in [1.29, 1.82) is 0 Å². The fourth-order valence-electron chi connectivity index (χ4n) is 2.96. The van der Waals surface area contributed by atoms with Crippen molar-refractivity contribution in [2.75, 3.05) is 12.4 Å². The third kappa shape index (κ3) is 2.03. The zero-order valence-electron chi connectivity index (χ0n) is 10.0. The Bertz CT molecular complexity index is 484. The molecule has 5 nitrogen and oxygen atoms in total. The molecule has 1 amide bonds. The minimum Gasteiger partial charge on any atom is -0.481 e. The third-order valence-electron chi connectivity index (χ3n) is 3.82. The lowest BCUT2D eigenvalue weighted by Gasteiger charge is -2.06. The van der Waals surface area contributed by atoms with Crippen LogP contribution in [0.1, 0.15) is 19.3 Å². The van der Waals surface area contributed by atoms with Crippen molar-refractivity contribution in [3.8, 4) is 5.88 Å². The fourth-order valence-corrected chi connectivity index (χ4v) is 3.13. The Balaban J connectivity index is 1.69. The second kappa shape index (κ2) is 4.39. The van der Waals surface area contributed by atoms with Crippen molar-refractivity contribution in [2.24, 2.45) is 17.8 Å². The summed E-state index contributed by atoms with van der Waals surface area (Å²) in [6.45, 7) is 0. The monoisotopic (exact) mass is 267 g/mol. The van der Waals surface area contributed by atoms with Gasteiger partial charge in [-0.1, -0.05) is 18.0 Å². The first-order valence-electron chi connectivity index (χ1n) is 6.08. The van der Waals surface area contributed by atoms with Gasteiger partial charge in [0.1, 0.15) is 5.15 Å². The highest BCUT2D eigenvalue weighted by Crippen LogP contribution is 2.57. The van der Waals surface area contributed by atoms with Gasteiger partial charge in [-0.15, -0.1) is 0 Å². The van der Waals surface area contributed by atoms with Crippen LogP contribution in [0, 0.1) is 17.8 Å². The van der Waals surface area contributed by atoms with Crippen LogP contribution >= 0.6 is 11.6 Å². The van der Waals surface area contributed by atoms with Gasteiger partial charge in [0.05, 0.1) is 7.11 Å². The van der Waals surface area contributed by atoms with Crippen molar-refractivity contribution in [3.05, 3.63) is 11.2 Å². The summed E-state index contributed by atoms with van der Waals surface area (Å²) in [5.74, 6) is 1.87. The second-order valence-electron chi connectivity index (χ2n) is 4.83. The van der Waals surface area contributed by atoms with Crippen molar-refractivity contribution in [2.45, 2.75) is 19.3 Å². The Labute approximate surface area is 110 Å². The minimum absolute atomic E-state index is 0.00835. The first-order valence-corrected chi connectivity index (χ1v) is 6.46. The van der Waals surface area contributed by atoms with E-state index < -0.39 is 0 Å². The number of hydrogen-bond acceptors (Lipinski definition) is 4. The van der Waals surface area contributed by atoms with Crippen molar-refractivity contribution in [3.63, 3.8) is 0 Å². The summed E-state index contributed by atoms with van der Waals surface area (Å²) in [5, 5.41) is 2.98. The van der Waals surface area contributed by atoms with Gasteiger partial charge in [-0.2, -0.15) is 4.98 Å². The molecule has 1 N–H and O–H groups in total. The molecule has 2 unspecified atom stereocenters. The number of nitrogens with zero attached hydrogens (tertiary/aromatic N) is 2. The van der Waals surface area contributed by atoms with Crippen LogP contribution in [0.3, 0.4) is 0 Å². The number of methoxy groups -OCH3 is 1. The Hall–Kier alpha value is -1.36.